The zero-order valence-electron chi connectivity index (χ0n) is 91.2. The van der Waals surface area contributed by atoms with Crippen molar-refractivity contribution in [3.63, 3.8) is 0 Å². The second-order valence-electron chi connectivity index (χ2n) is 38.2. The Morgan fingerprint density at radius 1 is 0.230 bits per heavy atom. The van der Waals surface area contributed by atoms with Crippen molar-refractivity contribution in [1.82, 2.24) is 0 Å². The molecular formula is C38H86B70Cl4Li8O7Si12. The first kappa shape index (κ1) is 182. The van der Waals surface area contributed by atoms with Gasteiger partial charge in [0.2, 0.25) is 0 Å². The van der Waals surface area contributed by atoms with Gasteiger partial charge in [0.15, 0.2) is 49.9 Å². The van der Waals surface area contributed by atoms with Gasteiger partial charge in [-0.1, -0.05) is 5.94 Å². The van der Waals surface area contributed by atoms with Crippen LogP contribution in [-0.4, -0.2) is 604 Å². The second kappa shape index (κ2) is 79.9. The number of hydrogen-bond acceptors (Lipinski definition) is 7. The van der Waals surface area contributed by atoms with Crippen LogP contribution in [0.2, 0.25) is 187 Å². The fraction of sp³-hybridized carbons (Fsp3) is 0.789. The van der Waals surface area contributed by atoms with Gasteiger partial charge in [-0.05, 0) is 249 Å². The Morgan fingerprint density at radius 3 is 0.547 bits per heavy atom. The van der Waals surface area contributed by atoms with Crippen LogP contribution in [0.3, 0.4) is 0 Å². The summed E-state index contributed by atoms with van der Waals surface area (Å²) in [6.07, 6.45) is 0. The number of halogens is 4. The van der Waals surface area contributed by atoms with Crippen LogP contribution in [0.25, 0.3) is 0 Å². The minimum Gasteiger partial charge on any atom is -0.458 e. The normalized spacial score (nSPS) is 13.4. The van der Waals surface area contributed by atoms with Crippen LogP contribution in [0.15, 0.2) is 0 Å². The Hall–Kier alpha value is 12.8. The van der Waals surface area contributed by atoms with Gasteiger partial charge in [-0.3, -0.25) is 0 Å². The SMILES string of the molecule is C[Si](C)(Cl)O[Si](C)(C)Cl.C[Si](C)(Cl)O[Si](C)(C)O[Si](C)(C)Cl.[B][B]B([B])C(B([B])[B])(B([B])[B][CH2-])[Si](C)(C)O[Si](C)(C)C[B]B([B])C(B([B])[B])(B([B])[B][B])[Si](C)(C)O[Si](C)(C)C(B([B])[B])(B([B])[B][B])B([B])[B][CH2-].[B][B]B([B])C(B([B])[B])(B([B])[B][CH2-])[Si](C)(C)O[Si](C)(C)O[Si](C)(C)C(B([B])[B])(B([B])[B][B])B([B])[B][CH2-].[B][B]B([B])[C-](B([B])[B])B([B])[B][CH2-].[B][B]B([B])[C-](B([B])[B])B([B])[B][CH2-].[Li+].[Li+].[Li+].[Li+].[Li+].[Li+].[Li+].[Li+]. The van der Waals surface area contributed by atoms with Crippen molar-refractivity contribution >= 4 is 649 Å². The molecule has 0 aromatic heterocycles. The minimum atomic E-state index is -3.33. The summed E-state index contributed by atoms with van der Waals surface area (Å²) in [4.78, 5) is 0. The van der Waals surface area contributed by atoms with Crippen molar-refractivity contribution in [3.05, 3.63) is 52.2 Å². The summed E-state index contributed by atoms with van der Waals surface area (Å²) in [6, 6.07) is 0. The number of hydrogen-bond donors (Lipinski definition) is 0. The molecule has 0 fully saturated rings. The minimum absolute atomic E-state index is 0. The molecule has 0 aliphatic carbocycles. The van der Waals surface area contributed by atoms with Crippen LogP contribution in [0.5, 0.6) is 0 Å². The Bertz CT molecular complexity index is 2940. The standard InChI is InChI=1S/C14H30B30O2Si4.C10H22B20O2Si3.C6H18Cl2O2Si3.C4H12Cl2OSi2.2C2H2B10.8Li/c1-30-39(24)12(36(18)19,42(27)33-15)48(5,6)45-47(3,4)11-32-41(26)14(38(22)23,44(29)35-17)50(9,10)46-49(7,8)13(37(20)21,40(25)31-2)43(28)34-16;1-21-27(17)9(25(13)14,29(19)23-11)33(3,4)31-35(7,8)32-34(5,6)10(26(15)16,28(18)22-2)30(20)24-12;1-11(2,7)9-13(5,6)10-12(3,4)8;1-8(2,5)7-9(3,4)6;2*1-8-11(6)2(10(4)5)12(7)9-3;;;;;;;;/h1-2,11H2,3-10H3;1-2H2,3-8H3;1-6H3;1-4H3;2*1H2;;;;;;;;/q2*-2;;;2*-2;8*+1. The molecule has 139 heavy (non-hydrogen) atoms. The van der Waals surface area contributed by atoms with Crippen molar-refractivity contribution in [3.8, 4) is 0 Å². The fourth-order valence-electron chi connectivity index (χ4n) is 18.2. The van der Waals surface area contributed by atoms with E-state index >= 15 is 0 Å². The zero-order chi connectivity index (χ0) is 106. The third-order valence-corrected chi connectivity index (χ3v) is 70.6. The molecule has 0 saturated carbocycles. The van der Waals surface area contributed by atoms with Gasteiger partial charge in [0.1, 0.15) is 0 Å². The van der Waals surface area contributed by atoms with Gasteiger partial charge in [-0.2, -0.15) is 27.3 Å². The number of rotatable bonds is 56. The van der Waals surface area contributed by atoms with Gasteiger partial charge >= 0.3 is 168 Å². The summed E-state index contributed by atoms with van der Waals surface area (Å²) < 4.78 is 39.2. The zero-order valence-corrected chi connectivity index (χ0v) is 106. The summed E-state index contributed by atoms with van der Waals surface area (Å²) in [5.74, 6) is 0.425. The van der Waals surface area contributed by atoms with Gasteiger partial charge < -0.3 is 81.0 Å². The maximum atomic E-state index is 7.26. The average Bonchev–Trinajstić information content (AvgIpc) is 0.683. The largest absolute Gasteiger partial charge is 1.00 e. The first-order chi connectivity index (χ1) is 58.5. The molecular weight excluding hydrogens is 1860 g/mol. The van der Waals surface area contributed by atoms with Gasteiger partial charge in [-0.15, -0.1) is 123 Å². The van der Waals surface area contributed by atoms with Crippen molar-refractivity contribution in [1.29, 1.82) is 0 Å². The first-order valence-corrected chi connectivity index (χ1v) is 81.4. The third-order valence-electron chi connectivity index (χ3n) is 23.1. The van der Waals surface area contributed by atoms with Crippen LogP contribution in [0, 0.1) is 52.2 Å². The first-order valence-electron chi connectivity index (χ1n) is 42.5. The molecule has 0 aromatic rings. The molecule has 0 amide bonds. The van der Waals surface area contributed by atoms with E-state index in [1.54, 1.807) is 21.5 Å². The quantitative estimate of drug-likeness (QED) is 0.0341. The molecule has 0 aromatic carbocycles. The van der Waals surface area contributed by atoms with Crippen molar-refractivity contribution in [2.24, 2.45) is 0 Å². The molecule has 0 saturated heterocycles. The van der Waals surface area contributed by atoms with Crippen LogP contribution in [-0.2, 0) is 28.8 Å². The monoisotopic (exact) mass is 1960 g/mol. The molecule has 5 atom stereocenters. The summed E-state index contributed by atoms with van der Waals surface area (Å²) in [5.41, 5.74) is 1.15. The van der Waals surface area contributed by atoms with E-state index in [1.165, 1.54) is 70.9 Å². The maximum Gasteiger partial charge on any atom is 1.00 e. The third kappa shape index (κ3) is 55.3. The molecule has 7 nitrogen and oxygen atoms in total. The Labute approximate surface area is 1050 Å². The molecule has 574 valence electrons. The van der Waals surface area contributed by atoms with E-state index in [0.29, 0.717) is 17.2 Å². The Morgan fingerprint density at radius 2 is 0.403 bits per heavy atom. The van der Waals surface area contributed by atoms with Gasteiger partial charge in [0.25, 0.3) is 30.5 Å². The molecule has 0 aliphatic rings. The van der Waals surface area contributed by atoms with Crippen molar-refractivity contribution < 1.29 is 180 Å². The molecule has 0 spiro atoms. The molecule has 0 aliphatic heterocycles. The van der Waals surface area contributed by atoms with E-state index in [1.807, 2.05) is 164 Å². The van der Waals surface area contributed by atoms with Gasteiger partial charge in [0, 0.05) is 326 Å². The molecule has 0 bridgehead atoms. The molecule has 0 rings (SSSR count). The molecule has 101 heteroatoms. The smallest absolute Gasteiger partial charge is 0.458 e. The van der Waals surface area contributed by atoms with Crippen LogP contribution >= 0.6 is 44.3 Å². The van der Waals surface area contributed by atoms with E-state index in [4.69, 9.17) is 344 Å². The molecule has 0 heterocycles. The predicted octanol–water partition coefficient (Wildman–Crippen LogP) is -35.2. The van der Waals surface area contributed by atoms with E-state index in [9.17, 15) is 0 Å². The Balaban J connectivity index is -0.000000126. The van der Waals surface area contributed by atoms with E-state index in [2.05, 4.69) is 40.9 Å². The van der Waals surface area contributed by atoms with E-state index in [0.717, 1.165) is 0 Å². The van der Waals surface area contributed by atoms with Gasteiger partial charge in [0.05, 0.1) is 7.17 Å². The summed E-state index contributed by atoms with van der Waals surface area (Å²) >= 11 is 24.0. The maximum absolute atomic E-state index is 7.26. The summed E-state index contributed by atoms with van der Waals surface area (Å²) in [7, 11) is 204. The van der Waals surface area contributed by atoms with Crippen molar-refractivity contribution in [2.45, 2.75) is 187 Å². The second-order valence-corrected chi connectivity index (χ2v) is 94.7. The molecule has 0 N–H and O–H groups in total. The van der Waals surface area contributed by atoms with Crippen molar-refractivity contribution in [2.75, 3.05) is 0 Å². The van der Waals surface area contributed by atoms with E-state index < -0.39 is 258 Å². The van der Waals surface area contributed by atoms with Gasteiger partial charge in [-0.25, -0.2) is 0 Å². The van der Waals surface area contributed by atoms with Crippen LogP contribution in [0.4, 0.5) is 0 Å². The fourth-order valence-corrected chi connectivity index (χ4v) is 78.7. The summed E-state index contributed by atoms with van der Waals surface area (Å²) in [5, 5.41) is 0. The van der Waals surface area contributed by atoms with Crippen LogP contribution < -0.4 is 151 Å². The molecule has 5 unspecified atom stereocenters. The topological polar surface area (TPSA) is 64.6 Å². The Kier molecular flexibility index (Phi) is 105. The average molecular weight is 1950 g/mol. The summed E-state index contributed by atoms with van der Waals surface area (Å²) in [6.45, 7) is 53.2. The molecule has 84 radical (unpaired) electrons. The van der Waals surface area contributed by atoms with E-state index in [-0.39, 0.29) is 151 Å². The predicted molar refractivity (Wildman–Crippen MR) is 700 cm³/mol. The van der Waals surface area contributed by atoms with Crippen LogP contribution in [0.1, 0.15) is 0 Å².